The van der Waals surface area contributed by atoms with Gasteiger partial charge in [0, 0.05) is 27.8 Å². The third-order valence-electron chi connectivity index (χ3n) is 11.2. The smallest absolute Gasteiger partial charge is 0.135 e. The van der Waals surface area contributed by atoms with Crippen LogP contribution in [0.5, 0.6) is 0 Å². The Bertz CT molecular complexity index is 3260. The number of furan rings is 1. The second kappa shape index (κ2) is 13.2. The number of anilines is 3. The normalized spacial score (nSPS) is 11.6. The summed E-state index contributed by atoms with van der Waals surface area (Å²) in [6.07, 6.45) is 0. The van der Waals surface area contributed by atoms with Crippen LogP contribution < -0.4 is 4.90 Å². The molecule has 10 aromatic carbocycles. The topological polar surface area (TPSA) is 16.4 Å². The first kappa shape index (κ1) is 32.0. The van der Waals surface area contributed by atoms with E-state index in [1.807, 2.05) is 12.1 Å². The number of benzene rings is 10. The van der Waals surface area contributed by atoms with Gasteiger partial charge >= 0.3 is 0 Å². The van der Waals surface area contributed by atoms with Gasteiger partial charge in [0.15, 0.2) is 0 Å². The summed E-state index contributed by atoms with van der Waals surface area (Å²) in [5, 5.41) is 9.76. The maximum Gasteiger partial charge on any atom is 0.135 e. The lowest BCUT2D eigenvalue weighted by molar-refractivity contribution is 0.669. The van der Waals surface area contributed by atoms with Crippen LogP contribution in [0, 0.1) is 0 Å². The van der Waals surface area contributed by atoms with Crippen LogP contribution in [0.3, 0.4) is 0 Å². The Morgan fingerprint density at radius 3 is 1.71 bits per heavy atom. The standard InChI is InChI=1S/C54H35NO/c1-3-17-47-37(10-1)12-9-20-49(47)42-15-7-13-39(32-42)40-14-8-16-45(33-40)55(46-29-30-50-43(34-46)23-22-38-11-2-4-18-48(38)50)44-27-24-36(25-28-44)41-26-31-54-52(35-41)51-19-5-6-21-53(51)56-54/h1-35H. The van der Waals surface area contributed by atoms with Gasteiger partial charge in [-0.2, -0.15) is 0 Å². The first-order chi connectivity index (χ1) is 27.7. The largest absolute Gasteiger partial charge is 0.456 e. The molecule has 0 aliphatic rings. The van der Waals surface area contributed by atoms with Crippen LogP contribution >= 0.6 is 0 Å². The van der Waals surface area contributed by atoms with Gasteiger partial charge in [-0.3, -0.25) is 0 Å². The van der Waals surface area contributed by atoms with Crippen molar-refractivity contribution < 1.29 is 4.42 Å². The summed E-state index contributed by atoms with van der Waals surface area (Å²) in [6.45, 7) is 0. The van der Waals surface area contributed by atoms with E-state index in [0.717, 1.165) is 50.1 Å². The average Bonchev–Trinajstić information content (AvgIpc) is 3.65. The number of hydrogen-bond acceptors (Lipinski definition) is 2. The first-order valence-corrected chi connectivity index (χ1v) is 19.2. The molecular formula is C54H35NO. The molecule has 0 N–H and O–H groups in total. The molecule has 1 aromatic heterocycles. The number of rotatable bonds is 6. The number of nitrogens with zero attached hydrogens (tertiary/aromatic N) is 1. The van der Waals surface area contributed by atoms with Gasteiger partial charge in [0.25, 0.3) is 0 Å². The van der Waals surface area contributed by atoms with Gasteiger partial charge < -0.3 is 9.32 Å². The summed E-state index contributed by atoms with van der Waals surface area (Å²) in [4.78, 5) is 2.38. The molecule has 0 radical (unpaired) electrons. The van der Waals surface area contributed by atoms with Gasteiger partial charge in [-0.25, -0.2) is 0 Å². The fraction of sp³-hybridized carbons (Fsp3) is 0. The molecule has 1 heterocycles. The molecule has 0 aliphatic heterocycles. The van der Waals surface area contributed by atoms with E-state index in [1.165, 1.54) is 54.6 Å². The molecule has 0 bridgehead atoms. The van der Waals surface area contributed by atoms with Crippen molar-refractivity contribution in [2.24, 2.45) is 0 Å². The molecule has 0 spiro atoms. The first-order valence-electron chi connectivity index (χ1n) is 19.2. The van der Waals surface area contributed by atoms with Crippen molar-refractivity contribution in [3.05, 3.63) is 212 Å². The minimum atomic E-state index is 0.907. The van der Waals surface area contributed by atoms with Crippen LogP contribution in [-0.4, -0.2) is 0 Å². The maximum absolute atomic E-state index is 6.13. The van der Waals surface area contributed by atoms with E-state index in [1.54, 1.807) is 0 Å². The Kier molecular flexibility index (Phi) is 7.53. The molecule has 2 heteroatoms. The van der Waals surface area contributed by atoms with E-state index < -0.39 is 0 Å². The third-order valence-corrected chi connectivity index (χ3v) is 11.2. The number of hydrogen-bond donors (Lipinski definition) is 0. The molecule has 0 saturated carbocycles. The zero-order chi connectivity index (χ0) is 37.0. The second-order valence-electron chi connectivity index (χ2n) is 14.5. The average molecular weight is 714 g/mol. The highest BCUT2D eigenvalue weighted by atomic mass is 16.3. The Morgan fingerprint density at radius 1 is 0.268 bits per heavy atom. The summed E-state index contributed by atoms with van der Waals surface area (Å²) >= 11 is 0. The Hall–Kier alpha value is -7.42. The molecule has 56 heavy (non-hydrogen) atoms. The highest BCUT2D eigenvalue weighted by Gasteiger charge is 2.16. The van der Waals surface area contributed by atoms with E-state index >= 15 is 0 Å². The third kappa shape index (κ3) is 5.51. The SMILES string of the molecule is c1cc(-c2cccc(N(c3ccc(-c4ccc5oc6ccccc6c5c4)cc3)c3ccc4c(ccc5ccccc54)c3)c2)cc(-c2cccc3ccccc23)c1. The lowest BCUT2D eigenvalue weighted by Gasteiger charge is -2.27. The highest BCUT2D eigenvalue weighted by Crippen LogP contribution is 2.41. The van der Waals surface area contributed by atoms with Crippen molar-refractivity contribution in [2.45, 2.75) is 0 Å². The van der Waals surface area contributed by atoms with Crippen LogP contribution in [0.4, 0.5) is 17.1 Å². The second-order valence-corrected chi connectivity index (χ2v) is 14.5. The monoisotopic (exact) mass is 713 g/mol. The fourth-order valence-electron chi connectivity index (χ4n) is 8.46. The molecular weight excluding hydrogens is 679 g/mol. The van der Waals surface area contributed by atoms with E-state index in [9.17, 15) is 0 Å². The molecule has 0 saturated heterocycles. The van der Waals surface area contributed by atoms with Crippen molar-refractivity contribution in [3.63, 3.8) is 0 Å². The predicted octanol–water partition coefficient (Wildman–Crippen LogP) is 15.5. The van der Waals surface area contributed by atoms with E-state index in [-0.39, 0.29) is 0 Å². The van der Waals surface area contributed by atoms with E-state index in [0.29, 0.717) is 0 Å². The van der Waals surface area contributed by atoms with E-state index in [2.05, 4.69) is 205 Å². The van der Waals surface area contributed by atoms with Crippen LogP contribution in [0.25, 0.3) is 87.6 Å². The molecule has 0 amide bonds. The molecule has 2 nitrogen and oxygen atoms in total. The summed E-state index contributed by atoms with van der Waals surface area (Å²) in [6, 6.07) is 76.7. The minimum absolute atomic E-state index is 0.907. The zero-order valence-electron chi connectivity index (χ0n) is 30.6. The molecule has 0 fully saturated rings. The zero-order valence-corrected chi connectivity index (χ0v) is 30.6. The highest BCUT2D eigenvalue weighted by molar-refractivity contribution is 6.09. The van der Waals surface area contributed by atoms with Gasteiger partial charge in [0.2, 0.25) is 0 Å². The van der Waals surface area contributed by atoms with Crippen LogP contribution in [0.2, 0.25) is 0 Å². The van der Waals surface area contributed by atoms with Crippen LogP contribution in [-0.2, 0) is 0 Å². The molecule has 11 rings (SSSR count). The number of fused-ring (bicyclic) bond motifs is 7. The molecule has 262 valence electrons. The van der Waals surface area contributed by atoms with E-state index in [4.69, 9.17) is 4.42 Å². The van der Waals surface area contributed by atoms with Crippen molar-refractivity contribution in [1.29, 1.82) is 0 Å². The summed E-state index contributed by atoms with van der Waals surface area (Å²) in [7, 11) is 0. The molecule has 0 aliphatic carbocycles. The number of para-hydroxylation sites is 1. The van der Waals surface area contributed by atoms with Crippen molar-refractivity contribution in [3.8, 4) is 33.4 Å². The molecule has 0 unspecified atom stereocenters. The lowest BCUT2D eigenvalue weighted by Crippen LogP contribution is -2.10. The Morgan fingerprint density at radius 2 is 0.839 bits per heavy atom. The predicted molar refractivity (Wildman–Crippen MR) is 237 cm³/mol. The van der Waals surface area contributed by atoms with Gasteiger partial charge in [0.1, 0.15) is 11.2 Å². The Balaban J connectivity index is 1.02. The van der Waals surface area contributed by atoms with Crippen LogP contribution in [0.15, 0.2) is 217 Å². The summed E-state index contributed by atoms with van der Waals surface area (Å²) < 4.78 is 6.13. The van der Waals surface area contributed by atoms with Gasteiger partial charge in [-0.15, -0.1) is 0 Å². The maximum atomic E-state index is 6.13. The lowest BCUT2D eigenvalue weighted by atomic mass is 9.95. The van der Waals surface area contributed by atoms with Gasteiger partial charge in [-0.05, 0) is 126 Å². The Labute approximate surface area is 325 Å². The van der Waals surface area contributed by atoms with Crippen LogP contribution in [0.1, 0.15) is 0 Å². The summed E-state index contributed by atoms with van der Waals surface area (Å²) in [5.41, 5.74) is 12.2. The summed E-state index contributed by atoms with van der Waals surface area (Å²) in [5.74, 6) is 0. The van der Waals surface area contributed by atoms with Gasteiger partial charge in [-0.1, -0.05) is 152 Å². The van der Waals surface area contributed by atoms with Gasteiger partial charge in [0.05, 0.1) is 0 Å². The minimum Gasteiger partial charge on any atom is -0.456 e. The van der Waals surface area contributed by atoms with Crippen molar-refractivity contribution in [2.75, 3.05) is 4.90 Å². The quantitative estimate of drug-likeness (QED) is 0.160. The molecule has 0 atom stereocenters. The van der Waals surface area contributed by atoms with Crippen molar-refractivity contribution in [1.82, 2.24) is 0 Å². The molecule has 11 aromatic rings. The van der Waals surface area contributed by atoms with Crippen molar-refractivity contribution >= 4 is 71.3 Å². The fourth-order valence-corrected chi connectivity index (χ4v) is 8.46.